The fourth-order valence-electron chi connectivity index (χ4n) is 1.90. The van der Waals surface area contributed by atoms with Crippen LogP contribution in [0, 0.1) is 0 Å². The quantitative estimate of drug-likeness (QED) is 0.717. The molecule has 0 atom stereocenters. The van der Waals surface area contributed by atoms with Gasteiger partial charge < -0.3 is 9.80 Å². The van der Waals surface area contributed by atoms with Gasteiger partial charge in [-0.25, -0.2) is 0 Å². The monoisotopic (exact) mass is 211 g/mol. The SMILES string of the molecule is CNC1N(C(C)(C)C)C=CN1C(C)(C)C. The van der Waals surface area contributed by atoms with Gasteiger partial charge in [-0.15, -0.1) is 0 Å². The first-order chi connectivity index (χ1) is 6.68. The van der Waals surface area contributed by atoms with Crippen LogP contribution in [0.15, 0.2) is 12.4 Å². The van der Waals surface area contributed by atoms with Gasteiger partial charge in [-0.2, -0.15) is 0 Å². The van der Waals surface area contributed by atoms with Crippen LogP contribution in [-0.2, 0) is 0 Å². The van der Waals surface area contributed by atoms with Crippen LogP contribution in [-0.4, -0.2) is 34.2 Å². The van der Waals surface area contributed by atoms with Crippen LogP contribution in [0.25, 0.3) is 0 Å². The molecule has 0 saturated carbocycles. The minimum Gasteiger partial charge on any atom is -0.339 e. The molecule has 0 bridgehead atoms. The highest BCUT2D eigenvalue weighted by atomic mass is 15.5. The second kappa shape index (κ2) is 3.71. The Bertz CT molecular complexity index is 221. The second-order valence-electron chi connectivity index (χ2n) is 6.12. The number of nitrogens with zero attached hydrogens (tertiary/aromatic N) is 2. The van der Waals surface area contributed by atoms with Crippen molar-refractivity contribution in [1.29, 1.82) is 0 Å². The second-order valence-corrected chi connectivity index (χ2v) is 6.12. The maximum absolute atomic E-state index is 3.37. The Kier molecular flexibility index (Phi) is 3.06. The van der Waals surface area contributed by atoms with Gasteiger partial charge in [0, 0.05) is 23.5 Å². The lowest BCUT2D eigenvalue weighted by atomic mass is 10.1. The van der Waals surface area contributed by atoms with Gasteiger partial charge in [0.1, 0.15) is 0 Å². The zero-order chi connectivity index (χ0) is 11.9. The molecular formula is C12H25N3. The first kappa shape index (κ1) is 12.4. The molecule has 0 unspecified atom stereocenters. The number of rotatable bonds is 1. The van der Waals surface area contributed by atoms with E-state index in [1.165, 1.54) is 0 Å². The van der Waals surface area contributed by atoms with Crippen molar-refractivity contribution < 1.29 is 0 Å². The van der Waals surface area contributed by atoms with Crippen LogP contribution >= 0.6 is 0 Å². The number of hydrogen-bond acceptors (Lipinski definition) is 3. The molecule has 15 heavy (non-hydrogen) atoms. The van der Waals surface area contributed by atoms with E-state index in [-0.39, 0.29) is 17.4 Å². The number of nitrogens with one attached hydrogen (secondary N) is 1. The van der Waals surface area contributed by atoms with Crippen molar-refractivity contribution in [3.8, 4) is 0 Å². The van der Waals surface area contributed by atoms with E-state index >= 15 is 0 Å². The van der Waals surface area contributed by atoms with Gasteiger partial charge >= 0.3 is 0 Å². The minimum atomic E-state index is 0.143. The largest absolute Gasteiger partial charge is 0.339 e. The van der Waals surface area contributed by atoms with Crippen molar-refractivity contribution in [3.63, 3.8) is 0 Å². The summed E-state index contributed by atoms with van der Waals surface area (Å²) in [6.45, 7) is 13.4. The highest BCUT2D eigenvalue weighted by Gasteiger charge is 2.36. The molecule has 1 aliphatic heterocycles. The summed E-state index contributed by atoms with van der Waals surface area (Å²) in [5.41, 5.74) is 0.286. The maximum atomic E-state index is 3.37. The van der Waals surface area contributed by atoms with Crippen LogP contribution in [0.2, 0.25) is 0 Å². The Morgan fingerprint density at radius 1 is 0.867 bits per heavy atom. The van der Waals surface area contributed by atoms with Crippen LogP contribution in [0.4, 0.5) is 0 Å². The Labute approximate surface area is 94.1 Å². The predicted octanol–water partition coefficient (Wildman–Crippen LogP) is 2.18. The van der Waals surface area contributed by atoms with E-state index in [1.54, 1.807) is 0 Å². The average Bonchev–Trinajstić information content (AvgIpc) is 2.43. The van der Waals surface area contributed by atoms with Crippen molar-refractivity contribution in [2.24, 2.45) is 0 Å². The lowest BCUT2D eigenvalue weighted by Crippen LogP contribution is -2.58. The van der Waals surface area contributed by atoms with Crippen molar-refractivity contribution in [3.05, 3.63) is 12.4 Å². The van der Waals surface area contributed by atoms with Gasteiger partial charge in [0.2, 0.25) is 0 Å². The van der Waals surface area contributed by atoms with Crippen LogP contribution < -0.4 is 5.32 Å². The van der Waals surface area contributed by atoms with Crippen molar-refractivity contribution in [2.45, 2.75) is 58.9 Å². The Morgan fingerprint density at radius 3 is 1.40 bits per heavy atom. The number of hydrogen-bond donors (Lipinski definition) is 1. The molecule has 0 aromatic rings. The van der Waals surface area contributed by atoms with E-state index in [0.29, 0.717) is 0 Å². The summed E-state index contributed by atoms with van der Waals surface area (Å²) in [5, 5.41) is 3.37. The van der Waals surface area contributed by atoms with Crippen molar-refractivity contribution in [2.75, 3.05) is 7.05 Å². The summed E-state index contributed by atoms with van der Waals surface area (Å²) in [6.07, 6.45) is 4.60. The van der Waals surface area contributed by atoms with Gasteiger partial charge in [0.15, 0.2) is 6.29 Å². The predicted molar refractivity (Wildman–Crippen MR) is 65.2 cm³/mol. The Hall–Kier alpha value is -0.700. The molecule has 0 aliphatic carbocycles. The summed E-state index contributed by atoms with van der Waals surface area (Å²) in [4.78, 5) is 4.69. The van der Waals surface area contributed by atoms with Gasteiger partial charge in [-0.3, -0.25) is 5.32 Å². The van der Waals surface area contributed by atoms with E-state index < -0.39 is 0 Å². The molecule has 3 nitrogen and oxygen atoms in total. The molecule has 0 radical (unpaired) electrons. The van der Waals surface area contributed by atoms with Gasteiger partial charge in [0.25, 0.3) is 0 Å². The van der Waals surface area contributed by atoms with Gasteiger partial charge in [-0.1, -0.05) is 0 Å². The van der Waals surface area contributed by atoms with Crippen LogP contribution in [0.5, 0.6) is 0 Å². The van der Waals surface area contributed by atoms with Crippen molar-refractivity contribution in [1.82, 2.24) is 15.1 Å². The zero-order valence-electron chi connectivity index (χ0n) is 11.1. The topological polar surface area (TPSA) is 18.5 Å². The van der Waals surface area contributed by atoms with E-state index in [2.05, 4.69) is 69.1 Å². The molecule has 0 fully saturated rings. The molecule has 0 saturated heterocycles. The lowest BCUT2D eigenvalue weighted by Gasteiger charge is -2.45. The summed E-state index contributed by atoms with van der Waals surface area (Å²) in [5.74, 6) is 0. The molecular weight excluding hydrogens is 186 g/mol. The fraction of sp³-hybridized carbons (Fsp3) is 0.833. The Balaban J connectivity index is 2.89. The molecule has 0 aromatic heterocycles. The third-order valence-electron chi connectivity index (χ3n) is 2.72. The molecule has 1 aliphatic rings. The van der Waals surface area contributed by atoms with Crippen LogP contribution in [0.1, 0.15) is 41.5 Å². The van der Waals surface area contributed by atoms with E-state index in [4.69, 9.17) is 0 Å². The molecule has 0 aromatic carbocycles. The minimum absolute atomic E-state index is 0.143. The average molecular weight is 211 g/mol. The van der Waals surface area contributed by atoms with E-state index in [9.17, 15) is 0 Å². The molecule has 0 spiro atoms. The maximum Gasteiger partial charge on any atom is 0.157 e. The zero-order valence-corrected chi connectivity index (χ0v) is 11.1. The first-order valence-corrected chi connectivity index (χ1v) is 5.60. The molecule has 3 heteroatoms. The molecule has 1 N–H and O–H groups in total. The third kappa shape index (κ3) is 2.46. The normalized spacial score (nSPS) is 19.1. The highest BCUT2D eigenvalue weighted by Crippen LogP contribution is 2.28. The highest BCUT2D eigenvalue weighted by molar-refractivity contribution is 5.04. The van der Waals surface area contributed by atoms with Gasteiger partial charge in [-0.05, 0) is 48.6 Å². The summed E-state index contributed by atoms with van der Waals surface area (Å²) in [7, 11) is 2.01. The van der Waals surface area contributed by atoms with Crippen LogP contribution in [0.3, 0.4) is 0 Å². The molecule has 1 rings (SSSR count). The van der Waals surface area contributed by atoms with E-state index in [1.807, 2.05) is 7.05 Å². The molecule has 1 heterocycles. The Morgan fingerprint density at radius 2 is 1.20 bits per heavy atom. The van der Waals surface area contributed by atoms with Crippen molar-refractivity contribution >= 4 is 0 Å². The van der Waals surface area contributed by atoms with Gasteiger partial charge in [0.05, 0.1) is 0 Å². The summed E-state index contributed by atoms with van der Waals surface area (Å²) < 4.78 is 0. The van der Waals surface area contributed by atoms with E-state index in [0.717, 1.165) is 0 Å². The first-order valence-electron chi connectivity index (χ1n) is 5.60. The standard InChI is InChI=1S/C12H25N3/c1-11(2,3)14-8-9-15(10(14)13-7)12(4,5)6/h8-10,13H,1-7H3. The third-order valence-corrected chi connectivity index (χ3v) is 2.72. The lowest BCUT2D eigenvalue weighted by molar-refractivity contribution is 0.0154. The summed E-state index contributed by atoms with van der Waals surface area (Å²) >= 11 is 0. The fourth-order valence-corrected chi connectivity index (χ4v) is 1.90. The molecule has 0 amide bonds. The smallest absolute Gasteiger partial charge is 0.157 e. The molecule has 88 valence electrons. The summed E-state index contributed by atoms with van der Waals surface area (Å²) in [6, 6.07) is 0.